The molecule has 2 aromatic rings. The average Bonchev–Trinajstić information content (AvgIpc) is 2.41. The average molecular weight is 288 g/mol. The smallest absolute Gasteiger partial charge is 0.147 e. The Hall–Kier alpha value is -1.61. The Bertz CT molecular complexity index is 578. The first-order valence-electron chi connectivity index (χ1n) is 6.53. The van der Waals surface area contributed by atoms with Crippen LogP contribution < -0.4 is 0 Å². The summed E-state index contributed by atoms with van der Waals surface area (Å²) in [5.74, 6) is 1.24. The minimum Gasteiger partial charge on any atom is -0.298 e. The number of Topliss-reactive ketones (excluding diaryl/α,β-unsaturated/α-hetero) is 1. The Morgan fingerprint density at radius 3 is 2.55 bits per heavy atom. The van der Waals surface area contributed by atoms with Crippen molar-refractivity contribution in [3.05, 3.63) is 71.0 Å². The Morgan fingerprint density at radius 2 is 1.85 bits per heavy atom. The van der Waals surface area contributed by atoms with E-state index >= 15 is 0 Å². The highest BCUT2D eigenvalue weighted by Crippen LogP contribution is 2.14. The van der Waals surface area contributed by atoms with Crippen molar-refractivity contribution >= 4 is 17.5 Å². The van der Waals surface area contributed by atoms with E-state index in [4.69, 9.17) is 0 Å². The van der Waals surface area contributed by atoms with E-state index in [0.29, 0.717) is 12.2 Å². The predicted molar refractivity (Wildman–Crippen MR) is 82.5 cm³/mol. The maximum absolute atomic E-state index is 12.8. The van der Waals surface area contributed by atoms with Crippen molar-refractivity contribution in [3.8, 4) is 0 Å². The van der Waals surface area contributed by atoms with Gasteiger partial charge in [-0.1, -0.05) is 42.0 Å². The van der Waals surface area contributed by atoms with Crippen LogP contribution in [0.25, 0.3) is 0 Å². The van der Waals surface area contributed by atoms with E-state index in [2.05, 4.69) is 25.1 Å². The van der Waals surface area contributed by atoms with Crippen LogP contribution in [0.2, 0.25) is 0 Å². The number of carbonyl (C=O) groups is 1. The lowest BCUT2D eigenvalue weighted by molar-refractivity contribution is -0.116. The summed E-state index contributed by atoms with van der Waals surface area (Å²) < 4.78 is 12.8. The standard InChI is InChI=1S/C17H17FOS/c1-13-3-2-4-15(9-13)11-20-12-17(19)10-14-5-7-16(18)8-6-14/h2-9H,10-12H2,1H3. The van der Waals surface area contributed by atoms with Gasteiger partial charge in [-0.15, -0.1) is 11.8 Å². The molecule has 0 heterocycles. The Morgan fingerprint density at radius 1 is 1.10 bits per heavy atom. The summed E-state index contributed by atoms with van der Waals surface area (Å²) in [5, 5.41) is 0. The van der Waals surface area contributed by atoms with Crippen molar-refractivity contribution in [2.24, 2.45) is 0 Å². The summed E-state index contributed by atoms with van der Waals surface area (Å²) in [6.07, 6.45) is 0.376. The molecular weight excluding hydrogens is 271 g/mol. The Balaban J connectivity index is 1.76. The van der Waals surface area contributed by atoms with Crippen LogP contribution in [0.1, 0.15) is 16.7 Å². The molecule has 0 spiro atoms. The first-order valence-corrected chi connectivity index (χ1v) is 7.68. The molecule has 0 amide bonds. The second-order valence-electron chi connectivity index (χ2n) is 4.82. The van der Waals surface area contributed by atoms with Crippen LogP contribution in [-0.2, 0) is 17.0 Å². The van der Waals surface area contributed by atoms with E-state index in [-0.39, 0.29) is 11.6 Å². The number of halogens is 1. The monoisotopic (exact) mass is 288 g/mol. The number of hydrogen-bond donors (Lipinski definition) is 0. The predicted octanol–water partition coefficient (Wildman–Crippen LogP) is 4.18. The van der Waals surface area contributed by atoms with Crippen LogP contribution in [-0.4, -0.2) is 11.5 Å². The van der Waals surface area contributed by atoms with Gasteiger partial charge >= 0.3 is 0 Å². The molecule has 0 fully saturated rings. The van der Waals surface area contributed by atoms with Crippen molar-refractivity contribution < 1.29 is 9.18 Å². The Labute approximate surface area is 123 Å². The van der Waals surface area contributed by atoms with Gasteiger partial charge in [0.1, 0.15) is 11.6 Å². The number of ketones is 1. The molecule has 1 nitrogen and oxygen atoms in total. The molecule has 0 bridgehead atoms. The van der Waals surface area contributed by atoms with E-state index in [1.54, 1.807) is 23.9 Å². The molecule has 0 N–H and O–H groups in total. The highest BCUT2D eigenvalue weighted by Gasteiger charge is 2.04. The summed E-state index contributed by atoms with van der Waals surface area (Å²) in [6.45, 7) is 2.06. The SMILES string of the molecule is Cc1cccc(CSCC(=O)Cc2ccc(F)cc2)c1. The maximum atomic E-state index is 12.8. The lowest BCUT2D eigenvalue weighted by Crippen LogP contribution is -2.06. The van der Waals surface area contributed by atoms with Gasteiger partial charge in [0.2, 0.25) is 0 Å². The number of rotatable bonds is 6. The second-order valence-corrected chi connectivity index (χ2v) is 5.81. The van der Waals surface area contributed by atoms with Gasteiger partial charge in [-0.25, -0.2) is 4.39 Å². The fourth-order valence-electron chi connectivity index (χ4n) is 1.97. The fraction of sp³-hybridized carbons (Fsp3) is 0.235. The van der Waals surface area contributed by atoms with Crippen LogP contribution >= 0.6 is 11.8 Å². The molecule has 0 atom stereocenters. The van der Waals surface area contributed by atoms with E-state index in [1.165, 1.54) is 23.3 Å². The number of carbonyl (C=O) groups excluding carboxylic acids is 1. The quantitative estimate of drug-likeness (QED) is 0.793. The van der Waals surface area contributed by atoms with Gasteiger partial charge in [-0.3, -0.25) is 4.79 Å². The molecule has 3 heteroatoms. The zero-order chi connectivity index (χ0) is 14.4. The van der Waals surface area contributed by atoms with E-state index in [0.717, 1.165) is 11.3 Å². The third kappa shape index (κ3) is 4.82. The van der Waals surface area contributed by atoms with Crippen LogP contribution in [0, 0.1) is 12.7 Å². The van der Waals surface area contributed by atoms with Gasteiger partial charge in [0, 0.05) is 12.2 Å². The highest BCUT2D eigenvalue weighted by molar-refractivity contribution is 7.99. The summed E-state index contributed by atoms with van der Waals surface area (Å²) in [5.41, 5.74) is 3.35. The summed E-state index contributed by atoms with van der Waals surface area (Å²) in [4.78, 5) is 11.8. The lowest BCUT2D eigenvalue weighted by Gasteiger charge is -2.03. The van der Waals surface area contributed by atoms with E-state index in [9.17, 15) is 9.18 Å². The zero-order valence-corrected chi connectivity index (χ0v) is 12.3. The number of aryl methyl sites for hydroxylation is 1. The van der Waals surface area contributed by atoms with Crippen LogP contribution in [0.5, 0.6) is 0 Å². The van der Waals surface area contributed by atoms with Gasteiger partial charge in [-0.2, -0.15) is 0 Å². The molecule has 0 radical (unpaired) electrons. The van der Waals surface area contributed by atoms with Crippen molar-refractivity contribution in [2.45, 2.75) is 19.1 Å². The first-order chi connectivity index (χ1) is 9.63. The number of benzene rings is 2. The van der Waals surface area contributed by atoms with Crippen LogP contribution in [0.3, 0.4) is 0 Å². The minimum atomic E-state index is -0.268. The van der Waals surface area contributed by atoms with Crippen molar-refractivity contribution in [3.63, 3.8) is 0 Å². The lowest BCUT2D eigenvalue weighted by atomic mass is 10.1. The number of thioether (sulfide) groups is 1. The molecule has 2 aromatic carbocycles. The molecule has 104 valence electrons. The molecular formula is C17H17FOS. The van der Waals surface area contributed by atoms with E-state index in [1.807, 2.05) is 6.07 Å². The summed E-state index contributed by atoms with van der Waals surface area (Å²) in [6, 6.07) is 14.4. The zero-order valence-electron chi connectivity index (χ0n) is 11.4. The second kappa shape index (κ2) is 7.25. The van der Waals surface area contributed by atoms with Gasteiger partial charge < -0.3 is 0 Å². The van der Waals surface area contributed by atoms with Gasteiger partial charge in [-0.05, 0) is 30.2 Å². The topological polar surface area (TPSA) is 17.1 Å². The Kier molecular flexibility index (Phi) is 5.36. The van der Waals surface area contributed by atoms with Gasteiger partial charge in [0.15, 0.2) is 0 Å². The number of hydrogen-bond acceptors (Lipinski definition) is 2. The first kappa shape index (κ1) is 14.8. The van der Waals surface area contributed by atoms with Gasteiger partial charge in [0.25, 0.3) is 0 Å². The van der Waals surface area contributed by atoms with E-state index < -0.39 is 0 Å². The molecule has 0 unspecified atom stereocenters. The van der Waals surface area contributed by atoms with Crippen molar-refractivity contribution in [1.82, 2.24) is 0 Å². The van der Waals surface area contributed by atoms with Crippen molar-refractivity contribution in [2.75, 3.05) is 5.75 Å². The summed E-state index contributed by atoms with van der Waals surface area (Å²) >= 11 is 1.62. The molecule has 0 aromatic heterocycles. The van der Waals surface area contributed by atoms with Crippen LogP contribution in [0.4, 0.5) is 4.39 Å². The molecule has 0 aliphatic carbocycles. The fourth-order valence-corrected chi connectivity index (χ4v) is 2.81. The molecule has 0 aliphatic heterocycles. The van der Waals surface area contributed by atoms with Crippen molar-refractivity contribution in [1.29, 1.82) is 0 Å². The molecule has 20 heavy (non-hydrogen) atoms. The molecule has 2 rings (SSSR count). The summed E-state index contributed by atoms with van der Waals surface area (Å²) in [7, 11) is 0. The maximum Gasteiger partial charge on any atom is 0.147 e. The molecule has 0 aliphatic rings. The molecule has 0 saturated carbocycles. The third-order valence-corrected chi connectivity index (χ3v) is 3.99. The minimum absolute atomic E-state index is 0.175. The molecule has 0 saturated heterocycles. The van der Waals surface area contributed by atoms with Gasteiger partial charge in [0.05, 0.1) is 5.75 Å². The normalized spacial score (nSPS) is 10.5. The largest absolute Gasteiger partial charge is 0.298 e. The highest BCUT2D eigenvalue weighted by atomic mass is 32.2. The third-order valence-electron chi connectivity index (χ3n) is 2.93. The van der Waals surface area contributed by atoms with Crippen LogP contribution in [0.15, 0.2) is 48.5 Å².